The number of hydrogen-bond acceptors (Lipinski definition) is 2. The topological polar surface area (TPSA) is 49.3 Å². The summed E-state index contributed by atoms with van der Waals surface area (Å²) in [6, 6.07) is 12.7. The molecule has 0 radical (unpaired) electrons. The van der Waals surface area contributed by atoms with Gasteiger partial charge in [0.1, 0.15) is 0 Å². The van der Waals surface area contributed by atoms with E-state index in [0.29, 0.717) is 0 Å². The third kappa shape index (κ3) is 2.90. The van der Waals surface area contributed by atoms with Crippen molar-refractivity contribution in [1.29, 1.82) is 0 Å². The van der Waals surface area contributed by atoms with Crippen LogP contribution in [0.5, 0.6) is 0 Å². The highest BCUT2D eigenvalue weighted by atomic mass is 79.9. The standard InChI is InChI=1S/C14H12BrNO2/c1-9-5-6-13(12(15)7-9)16-11-4-2-3-10(8-11)14(17)18/h2-8,16H,1H3,(H,17,18). The Kier molecular flexibility index (Phi) is 3.67. The van der Waals surface area contributed by atoms with E-state index in [9.17, 15) is 4.79 Å². The molecule has 2 rings (SSSR count). The van der Waals surface area contributed by atoms with Crippen LogP contribution in [0.25, 0.3) is 0 Å². The molecule has 0 bridgehead atoms. The Morgan fingerprint density at radius 1 is 1.22 bits per heavy atom. The van der Waals surface area contributed by atoms with Crippen molar-refractivity contribution in [2.75, 3.05) is 5.32 Å². The number of carbonyl (C=O) groups is 1. The highest BCUT2D eigenvalue weighted by Gasteiger charge is 2.05. The first kappa shape index (κ1) is 12.6. The van der Waals surface area contributed by atoms with Gasteiger partial charge in [-0.15, -0.1) is 0 Å². The summed E-state index contributed by atoms with van der Waals surface area (Å²) in [5.41, 5.74) is 3.08. The molecule has 92 valence electrons. The summed E-state index contributed by atoms with van der Waals surface area (Å²) in [5, 5.41) is 12.1. The molecule has 0 saturated heterocycles. The quantitative estimate of drug-likeness (QED) is 0.893. The van der Waals surface area contributed by atoms with Crippen molar-refractivity contribution in [2.45, 2.75) is 6.92 Å². The van der Waals surface area contributed by atoms with Crippen LogP contribution in [-0.2, 0) is 0 Å². The fourth-order valence-corrected chi connectivity index (χ4v) is 2.20. The maximum absolute atomic E-state index is 10.9. The van der Waals surface area contributed by atoms with E-state index < -0.39 is 5.97 Å². The number of aryl methyl sites for hydroxylation is 1. The predicted molar refractivity (Wildman–Crippen MR) is 75.6 cm³/mol. The Morgan fingerprint density at radius 3 is 2.67 bits per heavy atom. The monoisotopic (exact) mass is 305 g/mol. The Labute approximate surface area is 114 Å². The van der Waals surface area contributed by atoms with Crippen LogP contribution in [0.2, 0.25) is 0 Å². The lowest BCUT2D eigenvalue weighted by Crippen LogP contribution is -1.98. The molecule has 0 unspecified atom stereocenters. The number of benzene rings is 2. The number of nitrogens with one attached hydrogen (secondary N) is 1. The van der Waals surface area contributed by atoms with Gasteiger partial charge >= 0.3 is 5.97 Å². The Balaban J connectivity index is 2.28. The zero-order chi connectivity index (χ0) is 13.1. The lowest BCUT2D eigenvalue weighted by Gasteiger charge is -2.09. The summed E-state index contributed by atoms with van der Waals surface area (Å²) in [6.45, 7) is 2.01. The summed E-state index contributed by atoms with van der Waals surface area (Å²) in [7, 11) is 0. The van der Waals surface area contributed by atoms with E-state index in [2.05, 4.69) is 21.2 Å². The Hall–Kier alpha value is -1.81. The van der Waals surface area contributed by atoms with Gasteiger partial charge in [-0.3, -0.25) is 0 Å². The van der Waals surface area contributed by atoms with E-state index in [-0.39, 0.29) is 5.56 Å². The summed E-state index contributed by atoms with van der Waals surface area (Å²) < 4.78 is 0.947. The highest BCUT2D eigenvalue weighted by molar-refractivity contribution is 9.10. The molecule has 4 heteroatoms. The van der Waals surface area contributed by atoms with Crippen LogP contribution in [0.3, 0.4) is 0 Å². The van der Waals surface area contributed by atoms with Gasteiger partial charge in [0.15, 0.2) is 0 Å². The molecule has 0 fully saturated rings. The molecule has 2 aromatic rings. The number of carboxylic acids is 1. The third-order valence-corrected chi connectivity index (χ3v) is 3.17. The lowest BCUT2D eigenvalue weighted by molar-refractivity contribution is 0.0697. The van der Waals surface area contributed by atoms with Crippen molar-refractivity contribution in [1.82, 2.24) is 0 Å². The normalized spacial score (nSPS) is 10.1. The number of aromatic carboxylic acids is 1. The first-order chi connectivity index (χ1) is 8.56. The van der Waals surface area contributed by atoms with Gasteiger partial charge in [0, 0.05) is 10.2 Å². The second-order valence-electron chi connectivity index (χ2n) is 3.99. The lowest BCUT2D eigenvalue weighted by atomic mass is 10.2. The van der Waals surface area contributed by atoms with Crippen LogP contribution in [0.1, 0.15) is 15.9 Å². The minimum absolute atomic E-state index is 0.267. The Bertz CT molecular complexity index is 596. The second-order valence-corrected chi connectivity index (χ2v) is 4.85. The first-order valence-electron chi connectivity index (χ1n) is 5.43. The first-order valence-corrected chi connectivity index (χ1v) is 6.22. The minimum atomic E-state index is -0.929. The van der Waals surface area contributed by atoms with Gasteiger partial charge in [-0.2, -0.15) is 0 Å². The maximum Gasteiger partial charge on any atom is 0.335 e. The van der Waals surface area contributed by atoms with E-state index in [4.69, 9.17) is 5.11 Å². The van der Waals surface area contributed by atoms with Crippen LogP contribution < -0.4 is 5.32 Å². The van der Waals surface area contributed by atoms with Crippen molar-refractivity contribution in [3.05, 3.63) is 58.1 Å². The van der Waals surface area contributed by atoms with Gasteiger partial charge in [0.25, 0.3) is 0 Å². The molecule has 18 heavy (non-hydrogen) atoms. The van der Waals surface area contributed by atoms with Crippen LogP contribution in [0.4, 0.5) is 11.4 Å². The second kappa shape index (κ2) is 5.23. The van der Waals surface area contributed by atoms with Crippen molar-refractivity contribution in [2.24, 2.45) is 0 Å². The molecule has 0 saturated carbocycles. The maximum atomic E-state index is 10.9. The van der Waals surface area contributed by atoms with Crippen LogP contribution in [-0.4, -0.2) is 11.1 Å². The molecule has 0 atom stereocenters. The van der Waals surface area contributed by atoms with Crippen molar-refractivity contribution >= 4 is 33.3 Å². The molecule has 3 nitrogen and oxygen atoms in total. The SMILES string of the molecule is Cc1ccc(Nc2cccc(C(=O)O)c2)c(Br)c1. The van der Waals surface area contributed by atoms with Crippen LogP contribution >= 0.6 is 15.9 Å². The molecular formula is C14H12BrNO2. The molecule has 0 aliphatic heterocycles. The van der Waals surface area contributed by atoms with E-state index >= 15 is 0 Å². The fourth-order valence-electron chi connectivity index (χ4n) is 1.61. The molecule has 0 heterocycles. The molecule has 2 N–H and O–H groups in total. The zero-order valence-corrected chi connectivity index (χ0v) is 11.4. The molecule has 2 aromatic carbocycles. The summed E-state index contributed by atoms with van der Waals surface area (Å²) >= 11 is 3.47. The van der Waals surface area contributed by atoms with Crippen molar-refractivity contribution < 1.29 is 9.90 Å². The summed E-state index contributed by atoms with van der Waals surface area (Å²) in [6.07, 6.45) is 0. The van der Waals surface area contributed by atoms with E-state index in [1.165, 1.54) is 0 Å². The largest absolute Gasteiger partial charge is 0.478 e. The molecule has 0 aliphatic rings. The van der Waals surface area contributed by atoms with Gasteiger partial charge in [-0.05, 0) is 58.7 Å². The number of rotatable bonds is 3. The highest BCUT2D eigenvalue weighted by Crippen LogP contribution is 2.27. The molecule has 0 spiro atoms. The average molecular weight is 306 g/mol. The van der Waals surface area contributed by atoms with E-state index in [1.807, 2.05) is 31.2 Å². The van der Waals surface area contributed by atoms with Gasteiger partial charge in [-0.1, -0.05) is 12.1 Å². The molecule has 0 amide bonds. The Morgan fingerprint density at radius 2 is 2.00 bits per heavy atom. The number of anilines is 2. The van der Waals surface area contributed by atoms with Crippen molar-refractivity contribution in [3.8, 4) is 0 Å². The number of halogens is 1. The number of hydrogen-bond donors (Lipinski definition) is 2. The zero-order valence-electron chi connectivity index (χ0n) is 9.77. The number of carboxylic acid groups (broad SMARTS) is 1. The van der Waals surface area contributed by atoms with E-state index in [0.717, 1.165) is 21.4 Å². The fraction of sp³-hybridized carbons (Fsp3) is 0.0714. The van der Waals surface area contributed by atoms with Crippen LogP contribution in [0.15, 0.2) is 46.9 Å². The summed E-state index contributed by atoms with van der Waals surface area (Å²) in [5.74, 6) is -0.929. The van der Waals surface area contributed by atoms with Gasteiger partial charge < -0.3 is 10.4 Å². The van der Waals surface area contributed by atoms with Gasteiger partial charge in [0.2, 0.25) is 0 Å². The summed E-state index contributed by atoms with van der Waals surface area (Å²) in [4.78, 5) is 10.9. The van der Waals surface area contributed by atoms with Crippen LogP contribution in [0, 0.1) is 6.92 Å². The molecule has 0 aromatic heterocycles. The molecular weight excluding hydrogens is 294 g/mol. The van der Waals surface area contributed by atoms with Gasteiger partial charge in [-0.25, -0.2) is 4.79 Å². The van der Waals surface area contributed by atoms with Gasteiger partial charge in [0.05, 0.1) is 11.3 Å². The predicted octanol–water partition coefficient (Wildman–Crippen LogP) is 4.20. The third-order valence-electron chi connectivity index (χ3n) is 2.51. The smallest absolute Gasteiger partial charge is 0.335 e. The minimum Gasteiger partial charge on any atom is -0.478 e. The van der Waals surface area contributed by atoms with Crippen molar-refractivity contribution in [3.63, 3.8) is 0 Å². The average Bonchev–Trinajstić information content (AvgIpc) is 2.33. The molecule has 0 aliphatic carbocycles. The van der Waals surface area contributed by atoms with E-state index in [1.54, 1.807) is 18.2 Å².